The summed E-state index contributed by atoms with van der Waals surface area (Å²) in [7, 11) is 1.88. The van der Waals surface area contributed by atoms with Crippen molar-refractivity contribution in [3.05, 3.63) is 35.5 Å². The number of fused-ring (bicyclic) bond motifs is 3. The summed E-state index contributed by atoms with van der Waals surface area (Å²) >= 11 is 0. The molecule has 1 aliphatic heterocycles. The summed E-state index contributed by atoms with van der Waals surface area (Å²) in [6.07, 6.45) is 7.29. The molecule has 2 aliphatic carbocycles. The molecule has 6 heteroatoms. The highest BCUT2D eigenvalue weighted by Crippen LogP contribution is 2.49. The minimum absolute atomic E-state index is 0.0135. The van der Waals surface area contributed by atoms with Crippen molar-refractivity contribution in [3.8, 4) is 0 Å². The van der Waals surface area contributed by atoms with Gasteiger partial charge in [-0.05, 0) is 89.2 Å². The number of carbonyl (C=O) groups excluding carboxylic acids is 2. The smallest absolute Gasteiger partial charge is 0.317 e. The van der Waals surface area contributed by atoms with Gasteiger partial charge in [-0.15, -0.1) is 0 Å². The van der Waals surface area contributed by atoms with Gasteiger partial charge in [0, 0.05) is 48.2 Å². The molecule has 2 aromatic rings. The first kappa shape index (κ1) is 23.3. The average molecular weight is 465 g/mol. The normalized spacial score (nSPS) is 25.2. The average Bonchev–Trinajstić information content (AvgIpc) is 3.57. The van der Waals surface area contributed by atoms with Crippen LogP contribution in [-0.2, 0) is 11.2 Å². The van der Waals surface area contributed by atoms with Crippen molar-refractivity contribution in [2.45, 2.75) is 77.3 Å². The van der Waals surface area contributed by atoms with Crippen LogP contribution in [0.1, 0.15) is 76.6 Å². The van der Waals surface area contributed by atoms with Crippen molar-refractivity contribution in [2.75, 3.05) is 20.1 Å². The van der Waals surface area contributed by atoms with Crippen LogP contribution in [0.3, 0.4) is 0 Å². The first-order valence-corrected chi connectivity index (χ1v) is 13.1. The fourth-order valence-corrected chi connectivity index (χ4v) is 6.13. The maximum atomic E-state index is 13.8. The summed E-state index contributed by atoms with van der Waals surface area (Å²) in [4.78, 5) is 33.9. The van der Waals surface area contributed by atoms with E-state index in [4.69, 9.17) is 0 Å². The molecule has 3 amide bonds. The number of hydrogen-bond acceptors (Lipinski definition) is 2. The molecule has 0 spiro atoms. The molecule has 5 rings (SSSR count). The third kappa shape index (κ3) is 4.69. The second kappa shape index (κ2) is 8.94. The van der Waals surface area contributed by atoms with E-state index in [-0.39, 0.29) is 23.5 Å². The van der Waals surface area contributed by atoms with Crippen molar-refractivity contribution in [1.29, 1.82) is 0 Å². The number of para-hydroxylation sites is 1. The van der Waals surface area contributed by atoms with E-state index in [1.807, 2.05) is 32.7 Å². The number of aromatic nitrogens is 1. The highest BCUT2D eigenvalue weighted by molar-refractivity contribution is 5.86. The summed E-state index contributed by atoms with van der Waals surface area (Å²) in [5, 5.41) is 4.37. The van der Waals surface area contributed by atoms with Crippen molar-refractivity contribution >= 4 is 22.8 Å². The van der Waals surface area contributed by atoms with Gasteiger partial charge in [0.1, 0.15) is 0 Å². The fraction of sp³-hybridized carbons (Fsp3) is 0.643. The number of rotatable bonds is 4. The Morgan fingerprint density at radius 3 is 2.47 bits per heavy atom. The number of hydrogen-bond donors (Lipinski definition) is 2. The molecule has 6 nitrogen and oxygen atoms in total. The second-order valence-corrected chi connectivity index (χ2v) is 11.9. The number of benzene rings is 1. The predicted molar refractivity (Wildman–Crippen MR) is 136 cm³/mol. The van der Waals surface area contributed by atoms with Gasteiger partial charge in [0.2, 0.25) is 5.91 Å². The Morgan fingerprint density at radius 1 is 1.09 bits per heavy atom. The zero-order valence-corrected chi connectivity index (χ0v) is 21.2. The number of carbonyl (C=O) groups is 2. The lowest BCUT2D eigenvalue weighted by atomic mass is 9.80. The lowest BCUT2D eigenvalue weighted by molar-refractivity contribution is -0.140. The van der Waals surface area contributed by atoms with E-state index < -0.39 is 0 Å². The SMILES string of the molecule is CN(CC1CCC(C(=O)N2CCc3c([nH]c4ccccc34)C2C2CC2)CC1)C(=O)NC(C)(C)C. The van der Waals surface area contributed by atoms with E-state index >= 15 is 0 Å². The fourth-order valence-electron chi connectivity index (χ4n) is 6.13. The highest BCUT2D eigenvalue weighted by Gasteiger charge is 2.44. The first-order chi connectivity index (χ1) is 16.2. The van der Waals surface area contributed by atoms with Crippen molar-refractivity contribution in [3.63, 3.8) is 0 Å². The van der Waals surface area contributed by atoms with E-state index in [9.17, 15) is 9.59 Å². The Balaban J connectivity index is 1.22. The van der Waals surface area contributed by atoms with Crippen LogP contribution >= 0.6 is 0 Å². The summed E-state index contributed by atoms with van der Waals surface area (Å²) in [6.45, 7) is 7.61. The Labute approximate surface area is 203 Å². The maximum absolute atomic E-state index is 13.8. The van der Waals surface area contributed by atoms with Gasteiger partial charge < -0.3 is 20.1 Å². The van der Waals surface area contributed by atoms with Gasteiger partial charge in [0.05, 0.1) is 6.04 Å². The van der Waals surface area contributed by atoms with Gasteiger partial charge in [0.15, 0.2) is 0 Å². The summed E-state index contributed by atoms with van der Waals surface area (Å²) in [5.41, 5.74) is 3.69. The van der Waals surface area contributed by atoms with Gasteiger partial charge in [-0.2, -0.15) is 0 Å². The van der Waals surface area contributed by atoms with Crippen LogP contribution in [0.5, 0.6) is 0 Å². The van der Waals surface area contributed by atoms with Gasteiger partial charge in [-0.25, -0.2) is 4.79 Å². The number of nitrogens with zero attached hydrogens (tertiary/aromatic N) is 2. The van der Waals surface area contributed by atoms with E-state index in [0.29, 0.717) is 17.7 Å². The van der Waals surface area contributed by atoms with E-state index in [1.54, 1.807) is 0 Å². The molecule has 2 heterocycles. The van der Waals surface area contributed by atoms with E-state index in [1.165, 1.54) is 35.0 Å². The predicted octanol–water partition coefficient (Wildman–Crippen LogP) is 5.25. The van der Waals surface area contributed by atoms with Gasteiger partial charge >= 0.3 is 6.03 Å². The Bertz CT molecular complexity index is 1060. The molecular formula is C28H40N4O2. The number of nitrogens with one attached hydrogen (secondary N) is 2. The van der Waals surface area contributed by atoms with Crippen LogP contribution in [0.4, 0.5) is 4.79 Å². The molecule has 1 atom stereocenters. The van der Waals surface area contributed by atoms with Crippen LogP contribution in [0.2, 0.25) is 0 Å². The number of H-pyrrole nitrogens is 1. The second-order valence-electron chi connectivity index (χ2n) is 11.9. The van der Waals surface area contributed by atoms with Crippen LogP contribution < -0.4 is 5.32 Å². The Kier molecular flexibility index (Phi) is 6.11. The van der Waals surface area contributed by atoms with Crippen molar-refractivity contribution < 1.29 is 9.59 Å². The molecule has 2 N–H and O–H groups in total. The third-order valence-electron chi connectivity index (χ3n) is 7.99. The molecule has 2 saturated carbocycles. The van der Waals surface area contributed by atoms with Crippen molar-refractivity contribution in [2.24, 2.45) is 17.8 Å². The van der Waals surface area contributed by atoms with Crippen molar-refractivity contribution in [1.82, 2.24) is 20.1 Å². The molecule has 3 aliphatic rings. The number of aromatic amines is 1. The van der Waals surface area contributed by atoms with Gasteiger partial charge in [0.25, 0.3) is 0 Å². The lowest BCUT2D eigenvalue weighted by Crippen LogP contribution is -2.48. The molecule has 34 heavy (non-hydrogen) atoms. The molecule has 0 bridgehead atoms. The Morgan fingerprint density at radius 2 is 1.79 bits per heavy atom. The number of urea groups is 1. The van der Waals surface area contributed by atoms with E-state index in [0.717, 1.165) is 45.2 Å². The topological polar surface area (TPSA) is 68.4 Å². The molecule has 184 valence electrons. The molecule has 2 fully saturated rings. The molecule has 0 radical (unpaired) electrons. The summed E-state index contributed by atoms with van der Waals surface area (Å²) in [6, 6.07) is 8.77. The summed E-state index contributed by atoms with van der Waals surface area (Å²) in [5.74, 6) is 1.55. The van der Waals surface area contributed by atoms with Crippen LogP contribution in [0, 0.1) is 17.8 Å². The number of amides is 3. The first-order valence-electron chi connectivity index (χ1n) is 13.1. The van der Waals surface area contributed by atoms with E-state index in [2.05, 4.69) is 39.5 Å². The molecular weight excluding hydrogens is 424 g/mol. The highest BCUT2D eigenvalue weighted by atomic mass is 16.2. The maximum Gasteiger partial charge on any atom is 0.317 e. The quantitative estimate of drug-likeness (QED) is 0.649. The Hall–Kier alpha value is -2.50. The third-order valence-corrected chi connectivity index (χ3v) is 7.99. The summed E-state index contributed by atoms with van der Waals surface area (Å²) < 4.78 is 0. The standard InChI is InChI=1S/C28H40N4O2/c1-28(2,3)30-27(34)31(4)17-18-9-11-20(12-10-18)26(33)32-16-15-22-21-7-5-6-8-23(21)29-24(22)25(32)19-13-14-19/h5-8,18-20,25,29H,9-17H2,1-4H3,(H,30,34). The minimum Gasteiger partial charge on any atom is -0.356 e. The monoisotopic (exact) mass is 464 g/mol. The van der Waals surface area contributed by atoms with Crippen LogP contribution in [0.15, 0.2) is 24.3 Å². The van der Waals surface area contributed by atoms with Crippen LogP contribution in [-0.4, -0.2) is 52.4 Å². The zero-order chi connectivity index (χ0) is 24.0. The molecule has 0 saturated heterocycles. The molecule has 1 aromatic heterocycles. The zero-order valence-electron chi connectivity index (χ0n) is 21.2. The molecule has 1 unspecified atom stereocenters. The minimum atomic E-state index is -0.229. The lowest BCUT2D eigenvalue weighted by Gasteiger charge is -2.40. The van der Waals surface area contributed by atoms with Crippen LogP contribution in [0.25, 0.3) is 10.9 Å². The van der Waals surface area contributed by atoms with Gasteiger partial charge in [-0.3, -0.25) is 4.79 Å². The largest absolute Gasteiger partial charge is 0.356 e. The van der Waals surface area contributed by atoms with Gasteiger partial charge in [-0.1, -0.05) is 18.2 Å². The molecule has 1 aromatic carbocycles.